The van der Waals surface area contributed by atoms with Crippen molar-refractivity contribution in [2.45, 2.75) is 56.6 Å². The van der Waals surface area contributed by atoms with Crippen LogP contribution in [-0.4, -0.2) is 53.9 Å². The van der Waals surface area contributed by atoms with Crippen LogP contribution in [0.4, 0.5) is 0 Å². The van der Waals surface area contributed by atoms with Crippen LogP contribution in [0.2, 0.25) is 0 Å². The molecule has 0 saturated carbocycles. The number of primary amides is 1. The summed E-state index contributed by atoms with van der Waals surface area (Å²) >= 11 is 0. The van der Waals surface area contributed by atoms with E-state index in [1.165, 1.54) is 12.3 Å². The standard InChI is InChI=1S/C18H26N4O5S/c1-12(18(19)25)6-9-16(24)21-14-8-7-13(2)22(11-15(14)23)28(26,27)17-5-3-4-10-20-17/h3-5,10,12-14H,6-9,11H2,1-2H3,(H2,19,25)(H,21,24)/t12-,13+,14+/m0/s1. The van der Waals surface area contributed by atoms with E-state index < -0.39 is 33.9 Å². The fourth-order valence-electron chi connectivity index (χ4n) is 2.98. The zero-order valence-corrected chi connectivity index (χ0v) is 16.8. The fourth-order valence-corrected chi connectivity index (χ4v) is 4.54. The van der Waals surface area contributed by atoms with Crippen molar-refractivity contribution in [3.63, 3.8) is 0 Å². The molecule has 1 fully saturated rings. The van der Waals surface area contributed by atoms with E-state index in [9.17, 15) is 22.8 Å². The average Bonchev–Trinajstić information content (AvgIpc) is 2.80. The Morgan fingerprint density at radius 3 is 2.68 bits per heavy atom. The molecule has 0 unspecified atom stereocenters. The smallest absolute Gasteiger partial charge is 0.261 e. The van der Waals surface area contributed by atoms with Gasteiger partial charge in [0, 0.05) is 24.6 Å². The molecule has 3 atom stereocenters. The quantitative estimate of drug-likeness (QED) is 0.659. The Morgan fingerprint density at radius 1 is 1.36 bits per heavy atom. The van der Waals surface area contributed by atoms with E-state index in [0.717, 1.165) is 4.31 Å². The molecule has 3 N–H and O–H groups in total. The van der Waals surface area contributed by atoms with E-state index >= 15 is 0 Å². The van der Waals surface area contributed by atoms with Gasteiger partial charge in [-0.15, -0.1) is 0 Å². The molecule has 9 nitrogen and oxygen atoms in total. The second-order valence-corrected chi connectivity index (χ2v) is 8.91. The average molecular weight is 410 g/mol. The van der Waals surface area contributed by atoms with Crippen molar-refractivity contribution >= 4 is 27.6 Å². The molecule has 0 aliphatic carbocycles. The van der Waals surface area contributed by atoms with E-state index in [1.807, 2.05) is 0 Å². The fraction of sp³-hybridized carbons (Fsp3) is 0.556. The van der Waals surface area contributed by atoms with Crippen molar-refractivity contribution < 1.29 is 22.8 Å². The maximum atomic E-state index is 12.8. The molecule has 2 rings (SSSR count). The Morgan fingerprint density at radius 2 is 2.07 bits per heavy atom. The minimum Gasteiger partial charge on any atom is -0.369 e. The number of rotatable bonds is 7. The molecule has 28 heavy (non-hydrogen) atoms. The summed E-state index contributed by atoms with van der Waals surface area (Å²) < 4.78 is 26.8. The molecular formula is C18H26N4O5S. The predicted octanol–water partition coefficient (Wildman–Crippen LogP) is 0.210. The Hall–Kier alpha value is -2.33. The van der Waals surface area contributed by atoms with Gasteiger partial charge >= 0.3 is 0 Å². The Labute approximate surface area is 164 Å². The van der Waals surface area contributed by atoms with E-state index in [-0.39, 0.29) is 29.7 Å². The van der Waals surface area contributed by atoms with Crippen molar-refractivity contribution in [3.8, 4) is 0 Å². The van der Waals surface area contributed by atoms with Crippen LogP contribution in [0.5, 0.6) is 0 Å². The van der Waals surface area contributed by atoms with E-state index in [2.05, 4.69) is 10.3 Å². The highest BCUT2D eigenvalue weighted by molar-refractivity contribution is 7.89. The maximum absolute atomic E-state index is 12.8. The summed E-state index contributed by atoms with van der Waals surface area (Å²) in [5.41, 5.74) is 5.18. The number of hydrogen-bond donors (Lipinski definition) is 2. The molecule has 154 valence electrons. The molecule has 1 saturated heterocycles. The molecule has 0 spiro atoms. The Balaban J connectivity index is 2.05. The van der Waals surface area contributed by atoms with Crippen LogP contribution in [0, 0.1) is 5.92 Å². The second-order valence-electron chi connectivity index (χ2n) is 7.07. The van der Waals surface area contributed by atoms with Crippen molar-refractivity contribution in [2.75, 3.05) is 6.54 Å². The maximum Gasteiger partial charge on any atom is 0.261 e. The van der Waals surface area contributed by atoms with Gasteiger partial charge in [-0.25, -0.2) is 13.4 Å². The summed E-state index contributed by atoms with van der Waals surface area (Å²) in [4.78, 5) is 39.7. The van der Waals surface area contributed by atoms with Crippen LogP contribution in [-0.2, 0) is 24.4 Å². The Bertz CT molecular complexity index is 828. The minimum absolute atomic E-state index is 0.0688. The molecular weight excluding hydrogens is 384 g/mol. The summed E-state index contributed by atoms with van der Waals surface area (Å²) in [7, 11) is -3.91. The number of Topliss-reactive ketones (excluding diaryl/α,β-unsaturated/α-hetero) is 1. The third-order valence-electron chi connectivity index (χ3n) is 4.90. The largest absolute Gasteiger partial charge is 0.369 e. The monoisotopic (exact) mass is 410 g/mol. The van der Waals surface area contributed by atoms with Crippen LogP contribution >= 0.6 is 0 Å². The van der Waals surface area contributed by atoms with Gasteiger partial charge in [0.1, 0.15) is 0 Å². The first-order chi connectivity index (χ1) is 13.1. The highest BCUT2D eigenvalue weighted by atomic mass is 32.2. The normalized spacial score (nSPS) is 22.3. The SMILES string of the molecule is C[C@@H]1CC[C@@H](NC(=O)CC[C@H](C)C(N)=O)C(=O)CN1S(=O)(=O)c1ccccn1. The molecule has 0 radical (unpaired) electrons. The molecule has 10 heteroatoms. The first-order valence-corrected chi connectivity index (χ1v) is 10.6. The number of amides is 2. The number of nitrogens with zero attached hydrogens (tertiary/aromatic N) is 2. The van der Waals surface area contributed by atoms with Gasteiger partial charge in [0.15, 0.2) is 10.8 Å². The van der Waals surface area contributed by atoms with Crippen LogP contribution < -0.4 is 11.1 Å². The van der Waals surface area contributed by atoms with Crippen molar-refractivity contribution in [1.82, 2.24) is 14.6 Å². The topological polar surface area (TPSA) is 140 Å². The van der Waals surface area contributed by atoms with Gasteiger partial charge in [0.05, 0.1) is 12.6 Å². The van der Waals surface area contributed by atoms with Crippen molar-refractivity contribution in [3.05, 3.63) is 24.4 Å². The molecule has 0 aromatic carbocycles. The Kier molecular flexibility index (Phi) is 7.25. The van der Waals surface area contributed by atoms with Gasteiger partial charge in [0.2, 0.25) is 11.8 Å². The number of nitrogens with two attached hydrogens (primary N) is 1. The zero-order valence-electron chi connectivity index (χ0n) is 16.0. The molecule has 1 aromatic rings. The van der Waals surface area contributed by atoms with Crippen molar-refractivity contribution in [1.29, 1.82) is 0 Å². The highest BCUT2D eigenvalue weighted by Gasteiger charge is 2.37. The number of ketones is 1. The number of hydrogen-bond acceptors (Lipinski definition) is 6. The third-order valence-corrected chi connectivity index (χ3v) is 6.78. The van der Waals surface area contributed by atoms with E-state index in [0.29, 0.717) is 19.3 Å². The first-order valence-electron chi connectivity index (χ1n) is 9.17. The molecule has 1 aliphatic heterocycles. The zero-order chi connectivity index (χ0) is 20.9. The number of nitrogens with one attached hydrogen (secondary N) is 1. The summed E-state index contributed by atoms with van der Waals surface area (Å²) in [5.74, 6) is -1.66. The summed E-state index contributed by atoms with van der Waals surface area (Å²) in [6.45, 7) is 3.03. The lowest BCUT2D eigenvalue weighted by Gasteiger charge is -2.24. The van der Waals surface area contributed by atoms with Gasteiger partial charge in [-0.2, -0.15) is 4.31 Å². The number of sulfonamides is 1. The highest BCUT2D eigenvalue weighted by Crippen LogP contribution is 2.22. The first kappa shape index (κ1) is 22.0. The second kappa shape index (κ2) is 9.24. The van der Waals surface area contributed by atoms with Gasteiger partial charge < -0.3 is 11.1 Å². The van der Waals surface area contributed by atoms with Gasteiger partial charge in [-0.3, -0.25) is 14.4 Å². The number of carbonyl (C=O) groups excluding carboxylic acids is 3. The summed E-state index contributed by atoms with van der Waals surface area (Å²) in [6, 6.07) is 3.40. The van der Waals surface area contributed by atoms with Gasteiger partial charge in [-0.05, 0) is 38.3 Å². The summed E-state index contributed by atoms with van der Waals surface area (Å²) in [6.07, 6.45) is 2.50. The number of pyridine rings is 1. The molecule has 1 aliphatic rings. The molecule has 2 heterocycles. The van der Waals surface area contributed by atoms with E-state index in [1.54, 1.807) is 26.0 Å². The van der Waals surface area contributed by atoms with Crippen LogP contribution in [0.1, 0.15) is 39.5 Å². The van der Waals surface area contributed by atoms with Gasteiger partial charge in [-0.1, -0.05) is 13.0 Å². The predicted molar refractivity (Wildman–Crippen MR) is 101 cm³/mol. The number of carbonyl (C=O) groups is 3. The third kappa shape index (κ3) is 5.35. The van der Waals surface area contributed by atoms with Crippen LogP contribution in [0.25, 0.3) is 0 Å². The minimum atomic E-state index is -3.91. The van der Waals surface area contributed by atoms with Gasteiger partial charge in [0.25, 0.3) is 10.0 Å². The lowest BCUT2D eigenvalue weighted by molar-refractivity contribution is -0.128. The lowest BCUT2D eigenvalue weighted by Crippen LogP contribution is -2.45. The molecule has 1 aromatic heterocycles. The van der Waals surface area contributed by atoms with E-state index in [4.69, 9.17) is 5.73 Å². The molecule has 2 amide bonds. The summed E-state index contributed by atoms with van der Waals surface area (Å²) in [5, 5.41) is 2.54. The van der Waals surface area contributed by atoms with Crippen LogP contribution in [0.3, 0.4) is 0 Å². The van der Waals surface area contributed by atoms with Crippen molar-refractivity contribution in [2.24, 2.45) is 11.7 Å². The molecule has 0 bridgehead atoms. The van der Waals surface area contributed by atoms with Crippen LogP contribution in [0.15, 0.2) is 29.4 Å². The number of aromatic nitrogens is 1. The lowest BCUT2D eigenvalue weighted by atomic mass is 10.0.